The first kappa shape index (κ1) is 11.6. The van der Waals surface area contributed by atoms with Crippen molar-refractivity contribution in [3.8, 4) is 0 Å². The van der Waals surface area contributed by atoms with Gasteiger partial charge in [-0.15, -0.1) is 10.2 Å². The summed E-state index contributed by atoms with van der Waals surface area (Å²) in [6, 6.07) is 3.71. The van der Waals surface area contributed by atoms with E-state index in [9.17, 15) is 4.79 Å². The predicted octanol–water partition coefficient (Wildman–Crippen LogP) is 1.57. The SMILES string of the molecule is CCC(C)NC(=O)c1ccn2c(C)nnc2c1. The third kappa shape index (κ3) is 2.27. The second kappa shape index (κ2) is 4.53. The summed E-state index contributed by atoms with van der Waals surface area (Å²) in [7, 11) is 0. The Morgan fingerprint density at radius 3 is 3.00 bits per heavy atom. The van der Waals surface area contributed by atoms with E-state index in [4.69, 9.17) is 0 Å². The lowest BCUT2D eigenvalue weighted by Crippen LogP contribution is -2.31. The zero-order valence-electron chi connectivity index (χ0n) is 10.3. The summed E-state index contributed by atoms with van der Waals surface area (Å²) in [5, 5.41) is 10.9. The molecule has 2 rings (SSSR count). The molecule has 2 aromatic rings. The lowest BCUT2D eigenvalue weighted by molar-refractivity contribution is 0.0939. The van der Waals surface area contributed by atoms with Crippen LogP contribution in [0.15, 0.2) is 18.3 Å². The molecule has 2 aromatic heterocycles. The van der Waals surface area contributed by atoms with Crippen LogP contribution in [-0.4, -0.2) is 26.5 Å². The van der Waals surface area contributed by atoms with Gasteiger partial charge in [0, 0.05) is 17.8 Å². The molecule has 90 valence electrons. The number of pyridine rings is 1. The topological polar surface area (TPSA) is 59.3 Å². The maximum Gasteiger partial charge on any atom is 0.251 e. The summed E-state index contributed by atoms with van der Waals surface area (Å²) in [6.45, 7) is 5.90. The van der Waals surface area contributed by atoms with E-state index < -0.39 is 0 Å². The van der Waals surface area contributed by atoms with E-state index in [1.165, 1.54) is 0 Å². The lowest BCUT2D eigenvalue weighted by Gasteiger charge is -2.11. The van der Waals surface area contributed by atoms with Crippen LogP contribution >= 0.6 is 0 Å². The maximum atomic E-state index is 11.9. The van der Waals surface area contributed by atoms with Crippen molar-refractivity contribution < 1.29 is 4.79 Å². The smallest absolute Gasteiger partial charge is 0.251 e. The first-order valence-corrected chi connectivity index (χ1v) is 5.74. The monoisotopic (exact) mass is 232 g/mol. The molecule has 2 heterocycles. The van der Waals surface area contributed by atoms with Crippen LogP contribution in [0, 0.1) is 6.92 Å². The van der Waals surface area contributed by atoms with Crippen LogP contribution in [0.25, 0.3) is 5.65 Å². The molecule has 0 aliphatic carbocycles. The first-order valence-electron chi connectivity index (χ1n) is 5.74. The minimum Gasteiger partial charge on any atom is -0.350 e. The highest BCUT2D eigenvalue weighted by Crippen LogP contribution is 2.07. The Labute approximate surface area is 99.9 Å². The van der Waals surface area contributed by atoms with Crippen molar-refractivity contribution in [1.29, 1.82) is 0 Å². The molecule has 0 saturated heterocycles. The average Bonchev–Trinajstić information content (AvgIpc) is 2.70. The van der Waals surface area contributed by atoms with E-state index in [-0.39, 0.29) is 11.9 Å². The minimum atomic E-state index is -0.0671. The predicted molar refractivity (Wildman–Crippen MR) is 64.9 cm³/mol. The number of nitrogens with one attached hydrogen (secondary N) is 1. The van der Waals surface area contributed by atoms with Crippen LogP contribution in [0.5, 0.6) is 0 Å². The van der Waals surface area contributed by atoms with Gasteiger partial charge >= 0.3 is 0 Å². The standard InChI is InChI=1S/C12H16N4O/c1-4-8(2)13-12(17)10-5-6-16-9(3)14-15-11(16)7-10/h5-8H,4H2,1-3H3,(H,13,17). The molecule has 0 saturated carbocycles. The average molecular weight is 232 g/mol. The first-order chi connectivity index (χ1) is 8.11. The number of hydrogen-bond acceptors (Lipinski definition) is 3. The molecule has 0 radical (unpaired) electrons. The van der Waals surface area contributed by atoms with Gasteiger partial charge in [-0.2, -0.15) is 0 Å². The van der Waals surface area contributed by atoms with Crippen molar-refractivity contribution in [2.45, 2.75) is 33.2 Å². The van der Waals surface area contributed by atoms with Gasteiger partial charge in [0.1, 0.15) is 5.82 Å². The summed E-state index contributed by atoms with van der Waals surface area (Å²) in [5.41, 5.74) is 1.31. The summed E-state index contributed by atoms with van der Waals surface area (Å²) in [5.74, 6) is 0.747. The number of carbonyl (C=O) groups excluding carboxylic acids is 1. The fourth-order valence-corrected chi connectivity index (χ4v) is 1.56. The van der Waals surface area contributed by atoms with Gasteiger partial charge in [0.2, 0.25) is 0 Å². The number of aromatic nitrogens is 3. The van der Waals surface area contributed by atoms with Gasteiger partial charge in [-0.05, 0) is 32.4 Å². The van der Waals surface area contributed by atoms with E-state index in [1.54, 1.807) is 12.1 Å². The number of aryl methyl sites for hydroxylation is 1. The summed E-state index contributed by atoms with van der Waals surface area (Å²) >= 11 is 0. The highest BCUT2D eigenvalue weighted by molar-refractivity contribution is 5.95. The van der Waals surface area contributed by atoms with Crippen LogP contribution in [0.3, 0.4) is 0 Å². The number of amides is 1. The Bertz CT molecular complexity index is 546. The van der Waals surface area contributed by atoms with Crippen molar-refractivity contribution in [3.63, 3.8) is 0 Å². The zero-order chi connectivity index (χ0) is 12.4. The molecular weight excluding hydrogens is 216 g/mol. The Kier molecular flexibility index (Phi) is 3.08. The van der Waals surface area contributed by atoms with Crippen molar-refractivity contribution >= 4 is 11.6 Å². The quantitative estimate of drug-likeness (QED) is 0.873. The molecule has 0 spiro atoms. The third-order valence-corrected chi connectivity index (χ3v) is 2.83. The van der Waals surface area contributed by atoms with Crippen molar-refractivity contribution in [1.82, 2.24) is 19.9 Å². The highest BCUT2D eigenvalue weighted by Gasteiger charge is 2.10. The Morgan fingerprint density at radius 2 is 2.29 bits per heavy atom. The van der Waals surface area contributed by atoms with Crippen molar-refractivity contribution in [3.05, 3.63) is 29.7 Å². The van der Waals surface area contributed by atoms with Crippen LogP contribution in [0.1, 0.15) is 36.5 Å². The van der Waals surface area contributed by atoms with Gasteiger partial charge < -0.3 is 5.32 Å². The highest BCUT2D eigenvalue weighted by atomic mass is 16.1. The maximum absolute atomic E-state index is 11.9. The van der Waals surface area contributed by atoms with Crippen LogP contribution in [0.4, 0.5) is 0 Å². The van der Waals surface area contributed by atoms with Crippen LogP contribution in [0.2, 0.25) is 0 Å². The van der Waals surface area contributed by atoms with Gasteiger partial charge in [-0.3, -0.25) is 9.20 Å². The third-order valence-electron chi connectivity index (χ3n) is 2.83. The molecule has 1 N–H and O–H groups in total. The van der Waals surface area contributed by atoms with E-state index >= 15 is 0 Å². The number of fused-ring (bicyclic) bond motifs is 1. The molecule has 0 aliphatic rings. The van der Waals surface area contributed by atoms with Crippen LogP contribution in [-0.2, 0) is 0 Å². The summed E-state index contributed by atoms with van der Waals surface area (Å²) in [4.78, 5) is 11.9. The number of nitrogens with zero attached hydrogens (tertiary/aromatic N) is 3. The second-order valence-corrected chi connectivity index (χ2v) is 4.17. The van der Waals surface area contributed by atoms with E-state index in [0.29, 0.717) is 11.2 Å². The molecule has 1 amide bonds. The van der Waals surface area contributed by atoms with E-state index in [0.717, 1.165) is 12.2 Å². The zero-order valence-corrected chi connectivity index (χ0v) is 10.3. The second-order valence-electron chi connectivity index (χ2n) is 4.17. The van der Waals surface area contributed by atoms with Gasteiger partial charge in [-0.1, -0.05) is 6.92 Å². The molecular formula is C12H16N4O. The van der Waals surface area contributed by atoms with Crippen molar-refractivity contribution in [2.75, 3.05) is 0 Å². The number of hydrogen-bond donors (Lipinski definition) is 1. The normalized spacial score (nSPS) is 12.6. The van der Waals surface area contributed by atoms with Gasteiger partial charge in [0.05, 0.1) is 0 Å². The van der Waals surface area contributed by atoms with Crippen LogP contribution < -0.4 is 5.32 Å². The Hall–Kier alpha value is -1.91. The molecule has 1 unspecified atom stereocenters. The molecule has 5 heteroatoms. The molecule has 5 nitrogen and oxygen atoms in total. The van der Waals surface area contributed by atoms with Gasteiger partial charge in [0.15, 0.2) is 5.65 Å². The number of carbonyl (C=O) groups is 1. The Balaban J connectivity index is 2.27. The van der Waals surface area contributed by atoms with Crippen molar-refractivity contribution in [2.24, 2.45) is 0 Å². The van der Waals surface area contributed by atoms with E-state index in [1.807, 2.05) is 31.4 Å². The molecule has 0 aromatic carbocycles. The summed E-state index contributed by atoms with van der Waals surface area (Å²) < 4.78 is 1.85. The molecule has 0 bridgehead atoms. The minimum absolute atomic E-state index is 0.0671. The van der Waals surface area contributed by atoms with Gasteiger partial charge in [-0.25, -0.2) is 0 Å². The molecule has 0 fully saturated rings. The van der Waals surface area contributed by atoms with E-state index in [2.05, 4.69) is 15.5 Å². The fourth-order valence-electron chi connectivity index (χ4n) is 1.56. The molecule has 0 aliphatic heterocycles. The molecule has 1 atom stereocenters. The summed E-state index contributed by atoms with van der Waals surface area (Å²) in [6.07, 6.45) is 2.73. The molecule has 17 heavy (non-hydrogen) atoms. The largest absolute Gasteiger partial charge is 0.350 e. The Morgan fingerprint density at radius 1 is 1.53 bits per heavy atom. The fraction of sp³-hybridized carbons (Fsp3) is 0.417. The lowest BCUT2D eigenvalue weighted by atomic mass is 10.2. The van der Waals surface area contributed by atoms with Gasteiger partial charge in [0.25, 0.3) is 5.91 Å². The number of rotatable bonds is 3.